The smallest absolute Gasteiger partial charge is 0.0406 e. The van der Waals surface area contributed by atoms with E-state index in [4.69, 9.17) is 11.6 Å². The van der Waals surface area contributed by atoms with Crippen LogP contribution in [0.2, 0.25) is 5.02 Å². The molecule has 142 valence electrons. The van der Waals surface area contributed by atoms with Crippen LogP contribution in [-0.2, 0) is 5.41 Å². The van der Waals surface area contributed by atoms with Gasteiger partial charge >= 0.3 is 0 Å². The van der Waals surface area contributed by atoms with Crippen molar-refractivity contribution in [3.63, 3.8) is 0 Å². The number of likely N-dealkylation sites (N-methyl/N-ethyl adjacent to an activating group) is 1. The third-order valence-corrected chi connectivity index (χ3v) is 8.53. The number of hydrogen-bond donors (Lipinski definition) is 1. The van der Waals surface area contributed by atoms with Gasteiger partial charge in [0.25, 0.3) is 0 Å². The third kappa shape index (κ3) is 2.66. The summed E-state index contributed by atoms with van der Waals surface area (Å²) < 4.78 is 0. The van der Waals surface area contributed by atoms with Gasteiger partial charge in [-0.1, -0.05) is 23.7 Å². The maximum Gasteiger partial charge on any atom is 0.0406 e. The van der Waals surface area contributed by atoms with Crippen LogP contribution < -0.4 is 5.43 Å². The maximum atomic E-state index is 6.16. The summed E-state index contributed by atoms with van der Waals surface area (Å²) in [7, 11) is 2.23. The largest absolute Gasteiger partial charge is 0.304 e. The first-order valence-electron chi connectivity index (χ1n) is 10.4. The molecule has 5 aliphatic rings. The highest BCUT2D eigenvalue weighted by Gasteiger charge is 2.65. The van der Waals surface area contributed by atoms with Gasteiger partial charge in [0, 0.05) is 37.2 Å². The summed E-state index contributed by atoms with van der Waals surface area (Å²) in [4.78, 5) is 2.43. The zero-order chi connectivity index (χ0) is 17.9. The molecule has 5 fully saturated rings. The highest BCUT2D eigenvalue weighted by Crippen LogP contribution is 2.71. The van der Waals surface area contributed by atoms with Gasteiger partial charge in [-0.25, -0.2) is 5.01 Å². The average Bonchev–Trinajstić information content (AvgIpc) is 3.01. The zero-order valence-electron chi connectivity index (χ0n) is 16.2. The van der Waals surface area contributed by atoms with E-state index in [9.17, 15) is 0 Å². The second kappa shape index (κ2) is 6.20. The molecule has 1 heterocycles. The van der Waals surface area contributed by atoms with E-state index < -0.39 is 0 Å². The lowest BCUT2D eigenvalue weighted by atomic mass is 9.62. The lowest BCUT2D eigenvalue weighted by Crippen LogP contribution is -2.57. The Morgan fingerprint density at radius 2 is 1.81 bits per heavy atom. The van der Waals surface area contributed by atoms with E-state index in [2.05, 4.69) is 53.6 Å². The Kier molecular flexibility index (Phi) is 4.17. The molecule has 0 spiro atoms. The fraction of sp³-hybridized carbons (Fsp3) is 0.727. The Bertz CT molecular complexity index is 668. The molecule has 5 unspecified atom stereocenters. The van der Waals surface area contributed by atoms with Crippen molar-refractivity contribution in [2.75, 3.05) is 33.2 Å². The summed E-state index contributed by atoms with van der Waals surface area (Å²) in [5.74, 6) is 1.82. The van der Waals surface area contributed by atoms with Crippen LogP contribution in [0.1, 0.15) is 44.6 Å². The van der Waals surface area contributed by atoms with Gasteiger partial charge in [0.15, 0.2) is 0 Å². The van der Waals surface area contributed by atoms with Crippen LogP contribution in [0.5, 0.6) is 0 Å². The van der Waals surface area contributed by atoms with Crippen molar-refractivity contribution in [2.45, 2.75) is 50.5 Å². The van der Waals surface area contributed by atoms with Crippen molar-refractivity contribution < 1.29 is 0 Å². The molecular formula is C22H32ClN3. The minimum absolute atomic E-state index is 0.411. The van der Waals surface area contributed by atoms with E-state index in [1.165, 1.54) is 45.2 Å². The van der Waals surface area contributed by atoms with Gasteiger partial charge in [0.05, 0.1) is 0 Å². The molecule has 0 aromatic heterocycles. The molecular weight excluding hydrogens is 342 g/mol. The number of nitrogens with zero attached hydrogens (tertiary/aromatic N) is 2. The molecule has 6 rings (SSSR count). The number of piperazine rings is 1. The number of rotatable bonds is 4. The fourth-order valence-corrected chi connectivity index (χ4v) is 7.25. The summed E-state index contributed by atoms with van der Waals surface area (Å²) in [5, 5.41) is 3.36. The van der Waals surface area contributed by atoms with E-state index in [-0.39, 0.29) is 0 Å². The Morgan fingerprint density at radius 3 is 2.54 bits per heavy atom. The minimum Gasteiger partial charge on any atom is -0.304 e. The van der Waals surface area contributed by atoms with Crippen LogP contribution in [0.4, 0.5) is 0 Å². The second-order valence-corrected chi connectivity index (χ2v) is 10.2. The average molecular weight is 374 g/mol. The van der Waals surface area contributed by atoms with E-state index in [0.717, 1.165) is 29.9 Å². The third-order valence-electron chi connectivity index (χ3n) is 8.28. The normalized spacial score (nSPS) is 41.0. The Balaban J connectivity index is 1.37. The highest BCUT2D eigenvalue weighted by atomic mass is 35.5. The lowest BCUT2D eigenvalue weighted by molar-refractivity contribution is 0.0337. The SMILES string of the molecule is CC(NN1CCN(C)CC1)C12CC3CC1CC(c1ccc(Cl)cc1)(C3)C2. The summed E-state index contributed by atoms with van der Waals surface area (Å²) in [5.41, 5.74) is 6.40. The Hall–Kier alpha value is -0.610. The predicted octanol–water partition coefficient (Wildman–Crippen LogP) is 3.93. The van der Waals surface area contributed by atoms with Crippen LogP contribution in [0.3, 0.4) is 0 Å². The van der Waals surface area contributed by atoms with Crippen molar-refractivity contribution >= 4 is 11.6 Å². The van der Waals surface area contributed by atoms with Gasteiger partial charge in [0.1, 0.15) is 0 Å². The number of hydrazine groups is 1. The number of benzene rings is 1. The molecule has 26 heavy (non-hydrogen) atoms. The first kappa shape index (κ1) is 17.5. The van der Waals surface area contributed by atoms with Crippen LogP contribution in [-0.4, -0.2) is 49.2 Å². The summed E-state index contributed by atoms with van der Waals surface area (Å²) in [6.45, 7) is 7.11. The molecule has 1 N–H and O–H groups in total. The van der Waals surface area contributed by atoms with E-state index in [0.29, 0.717) is 16.9 Å². The fourth-order valence-electron chi connectivity index (χ4n) is 7.13. The van der Waals surface area contributed by atoms with E-state index >= 15 is 0 Å². The summed E-state index contributed by atoms with van der Waals surface area (Å²) >= 11 is 6.16. The van der Waals surface area contributed by atoms with Crippen molar-refractivity contribution in [1.82, 2.24) is 15.3 Å². The Morgan fingerprint density at radius 1 is 1.08 bits per heavy atom. The van der Waals surface area contributed by atoms with Gasteiger partial charge in [-0.05, 0) is 86.4 Å². The Labute approximate surface area is 163 Å². The van der Waals surface area contributed by atoms with Gasteiger partial charge in [0.2, 0.25) is 0 Å². The van der Waals surface area contributed by atoms with Crippen LogP contribution in [0.25, 0.3) is 0 Å². The minimum atomic E-state index is 0.411. The molecule has 0 amide bonds. The van der Waals surface area contributed by atoms with Crippen molar-refractivity contribution in [3.8, 4) is 0 Å². The summed E-state index contributed by atoms with van der Waals surface area (Å²) in [6, 6.07) is 9.38. The number of halogens is 1. The molecule has 1 aromatic rings. The quantitative estimate of drug-likeness (QED) is 0.862. The molecule has 1 saturated heterocycles. The van der Waals surface area contributed by atoms with E-state index in [1.54, 1.807) is 5.56 Å². The molecule has 1 aliphatic heterocycles. The van der Waals surface area contributed by atoms with Crippen LogP contribution in [0.15, 0.2) is 24.3 Å². The monoisotopic (exact) mass is 373 g/mol. The molecule has 4 aliphatic carbocycles. The number of hydrogen-bond acceptors (Lipinski definition) is 3. The van der Waals surface area contributed by atoms with Gasteiger partial charge in [-0.3, -0.25) is 5.43 Å². The lowest BCUT2D eigenvalue weighted by Gasteiger charge is -2.46. The predicted molar refractivity (Wildman–Crippen MR) is 107 cm³/mol. The first-order valence-corrected chi connectivity index (χ1v) is 10.8. The zero-order valence-corrected chi connectivity index (χ0v) is 16.9. The molecule has 1 aromatic carbocycles. The number of nitrogens with one attached hydrogen (secondary N) is 1. The maximum absolute atomic E-state index is 6.16. The highest BCUT2D eigenvalue weighted by molar-refractivity contribution is 6.30. The van der Waals surface area contributed by atoms with Crippen molar-refractivity contribution in [1.29, 1.82) is 0 Å². The van der Waals surface area contributed by atoms with Gasteiger partial charge in [-0.2, -0.15) is 0 Å². The summed E-state index contributed by atoms with van der Waals surface area (Å²) in [6.07, 6.45) is 7.05. The standard InChI is InChI=1S/C22H32ClN3/c1-16(24-26-9-7-25(2)8-10-26)22-13-17-11-19(22)14-21(12-17,15-22)18-3-5-20(23)6-4-18/h3-6,16-17,19,24H,7-15H2,1-2H3. The van der Waals surface area contributed by atoms with Gasteiger partial charge in [-0.15, -0.1) is 0 Å². The van der Waals surface area contributed by atoms with Crippen molar-refractivity contribution in [3.05, 3.63) is 34.9 Å². The molecule has 4 bridgehead atoms. The van der Waals surface area contributed by atoms with Crippen molar-refractivity contribution in [2.24, 2.45) is 17.3 Å². The molecule has 4 heteroatoms. The van der Waals surface area contributed by atoms with Crippen LogP contribution in [0, 0.1) is 17.3 Å². The molecule has 4 saturated carbocycles. The second-order valence-electron chi connectivity index (χ2n) is 9.75. The topological polar surface area (TPSA) is 18.5 Å². The van der Waals surface area contributed by atoms with Gasteiger partial charge < -0.3 is 4.90 Å². The van der Waals surface area contributed by atoms with E-state index in [1.807, 2.05) is 0 Å². The van der Waals surface area contributed by atoms with Crippen LogP contribution >= 0.6 is 11.6 Å². The first-order chi connectivity index (χ1) is 12.5. The molecule has 5 atom stereocenters. The molecule has 0 radical (unpaired) electrons. The molecule has 3 nitrogen and oxygen atoms in total.